The lowest BCUT2D eigenvalue weighted by molar-refractivity contribution is 0.527. The molecule has 5 heteroatoms. The second-order valence-corrected chi connectivity index (χ2v) is 8.81. The van der Waals surface area contributed by atoms with Crippen LogP contribution in [0.5, 0.6) is 0 Å². The van der Waals surface area contributed by atoms with Crippen LogP contribution in [0.2, 0.25) is 0 Å². The van der Waals surface area contributed by atoms with E-state index in [0.29, 0.717) is 0 Å². The first kappa shape index (κ1) is 17.1. The van der Waals surface area contributed by atoms with Crippen LogP contribution in [0.15, 0.2) is 31.8 Å². The SMILES string of the molecule is CCCNC(Cc1ccc(F)cc1C)c1cc(Br)sc1Br. The van der Waals surface area contributed by atoms with E-state index in [-0.39, 0.29) is 11.9 Å². The molecule has 21 heavy (non-hydrogen) atoms. The van der Waals surface area contributed by atoms with Gasteiger partial charge in [0.1, 0.15) is 5.82 Å². The minimum Gasteiger partial charge on any atom is -0.310 e. The average Bonchev–Trinajstić information content (AvgIpc) is 2.76. The highest BCUT2D eigenvalue weighted by molar-refractivity contribution is 9.12. The predicted octanol–water partition coefficient (Wildman–Crippen LogP) is 6.00. The summed E-state index contributed by atoms with van der Waals surface area (Å²) in [5, 5.41) is 3.59. The Labute approximate surface area is 146 Å². The van der Waals surface area contributed by atoms with Crippen molar-refractivity contribution >= 4 is 43.2 Å². The molecule has 0 saturated heterocycles. The highest BCUT2D eigenvalue weighted by Crippen LogP contribution is 2.37. The zero-order chi connectivity index (χ0) is 15.4. The maximum absolute atomic E-state index is 13.3. The summed E-state index contributed by atoms with van der Waals surface area (Å²) in [7, 11) is 0. The van der Waals surface area contributed by atoms with Crippen LogP contribution in [-0.4, -0.2) is 6.54 Å². The van der Waals surface area contributed by atoms with Gasteiger partial charge in [0.15, 0.2) is 0 Å². The summed E-state index contributed by atoms with van der Waals surface area (Å²) < 4.78 is 15.5. The summed E-state index contributed by atoms with van der Waals surface area (Å²) >= 11 is 8.86. The Morgan fingerprint density at radius 2 is 2.05 bits per heavy atom. The van der Waals surface area contributed by atoms with Gasteiger partial charge in [0.25, 0.3) is 0 Å². The lowest BCUT2D eigenvalue weighted by Gasteiger charge is -2.19. The van der Waals surface area contributed by atoms with Crippen LogP contribution in [0.1, 0.15) is 36.1 Å². The summed E-state index contributed by atoms with van der Waals surface area (Å²) in [4.78, 5) is 0. The van der Waals surface area contributed by atoms with Gasteiger partial charge in [-0.2, -0.15) is 0 Å². The van der Waals surface area contributed by atoms with E-state index in [1.54, 1.807) is 17.4 Å². The molecule has 0 spiro atoms. The molecule has 2 aromatic rings. The van der Waals surface area contributed by atoms with Crippen LogP contribution in [-0.2, 0) is 6.42 Å². The molecule has 2 rings (SSSR count). The van der Waals surface area contributed by atoms with Crippen molar-refractivity contribution in [3.8, 4) is 0 Å². The van der Waals surface area contributed by atoms with E-state index in [1.165, 1.54) is 17.2 Å². The molecule has 0 aliphatic heterocycles. The molecule has 1 nitrogen and oxygen atoms in total. The average molecular weight is 435 g/mol. The molecule has 1 heterocycles. The molecule has 0 radical (unpaired) electrons. The fourth-order valence-corrected chi connectivity index (χ4v) is 5.28. The number of thiophene rings is 1. The van der Waals surface area contributed by atoms with Gasteiger partial charge in [-0.3, -0.25) is 0 Å². The van der Waals surface area contributed by atoms with Gasteiger partial charge in [0.2, 0.25) is 0 Å². The fraction of sp³-hybridized carbons (Fsp3) is 0.375. The Balaban J connectivity index is 2.26. The Kier molecular flexibility index (Phi) is 6.41. The monoisotopic (exact) mass is 433 g/mol. The van der Waals surface area contributed by atoms with E-state index in [2.05, 4.69) is 50.2 Å². The second-order valence-electron chi connectivity index (χ2n) is 5.06. The Hall–Kier alpha value is -0.230. The fourth-order valence-electron chi connectivity index (χ4n) is 2.31. The van der Waals surface area contributed by atoms with Crippen molar-refractivity contribution in [3.63, 3.8) is 0 Å². The van der Waals surface area contributed by atoms with E-state index < -0.39 is 0 Å². The smallest absolute Gasteiger partial charge is 0.123 e. The summed E-state index contributed by atoms with van der Waals surface area (Å²) in [6.45, 7) is 5.09. The summed E-state index contributed by atoms with van der Waals surface area (Å²) in [6.07, 6.45) is 1.94. The highest BCUT2D eigenvalue weighted by atomic mass is 79.9. The van der Waals surface area contributed by atoms with Crippen molar-refractivity contribution in [1.29, 1.82) is 0 Å². The Morgan fingerprint density at radius 1 is 1.29 bits per heavy atom. The van der Waals surface area contributed by atoms with Crippen molar-refractivity contribution in [2.24, 2.45) is 0 Å². The van der Waals surface area contributed by atoms with Crippen molar-refractivity contribution in [2.75, 3.05) is 6.54 Å². The van der Waals surface area contributed by atoms with E-state index in [0.717, 1.165) is 32.5 Å². The molecular weight excluding hydrogens is 417 g/mol. The van der Waals surface area contributed by atoms with Gasteiger partial charge in [-0.1, -0.05) is 13.0 Å². The van der Waals surface area contributed by atoms with Gasteiger partial charge in [-0.15, -0.1) is 11.3 Å². The van der Waals surface area contributed by atoms with Gasteiger partial charge >= 0.3 is 0 Å². The zero-order valence-corrected chi connectivity index (χ0v) is 16.0. The largest absolute Gasteiger partial charge is 0.310 e. The normalized spacial score (nSPS) is 12.6. The highest BCUT2D eigenvalue weighted by Gasteiger charge is 2.18. The molecule has 0 fully saturated rings. The van der Waals surface area contributed by atoms with Crippen LogP contribution < -0.4 is 5.32 Å². The first-order valence-corrected chi connectivity index (χ1v) is 9.34. The Bertz CT molecular complexity index is 612. The third kappa shape index (κ3) is 4.62. The maximum Gasteiger partial charge on any atom is 0.123 e. The molecule has 0 saturated carbocycles. The number of hydrogen-bond acceptors (Lipinski definition) is 2. The molecule has 1 atom stereocenters. The lowest BCUT2D eigenvalue weighted by Crippen LogP contribution is -2.24. The molecule has 1 N–H and O–H groups in total. The number of rotatable bonds is 6. The van der Waals surface area contributed by atoms with Crippen LogP contribution in [0.25, 0.3) is 0 Å². The van der Waals surface area contributed by atoms with Crippen molar-refractivity contribution in [3.05, 3.63) is 54.3 Å². The van der Waals surface area contributed by atoms with Crippen molar-refractivity contribution in [1.82, 2.24) is 5.32 Å². The van der Waals surface area contributed by atoms with Crippen LogP contribution in [0, 0.1) is 12.7 Å². The molecular formula is C16H18Br2FNS. The number of aryl methyl sites for hydroxylation is 1. The third-order valence-electron chi connectivity index (χ3n) is 3.43. The van der Waals surface area contributed by atoms with Crippen molar-refractivity contribution < 1.29 is 4.39 Å². The van der Waals surface area contributed by atoms with Gasteiger partial charge in [-0.25, -0.2) is 4.39 Å². The van der Waals surface area contributed by atoms with Crippen LogP contribution in [0.3, 0.4) is 0 Å². The van der Waals surface area contributed by atoms with E-state index in [1.807, 2.05) is 13.0 Å². The molecule has 0 bridgehead atoms. The lowest BCUT2D eigenvalue weighted by atomic mass is 9.97. The van der Waals surface area contributed by atoms with Crippen LogP contribution in [0.4, 0.5) is 4.39 Å². The first-order chi connectivity index (χ1) is 10.0. The molecule has 0 aliphatic carbocycles. The molecule has 0 amide bonds. The van der Waals surface area contributed by atoms with E-state index in [9.17, 15) is 4.39 Å². The second kappa shape index (κ2) is 7.86. The topological polar surface area (TPSA) is 12.0 Å². The number of hydrogen-bond donors (Lipinski definition) is 1. The molecule has 114 valence electrons. The minimum absolute atomic E-state index is 0.172. The predicted molar refractivity (Wildman–Crippen MR) is 95.6 cm³/mol. The van der Waals surface area contributed by atoms with Gasteiger partial charge in [-0.05, 0) is 93.1 Å². The Morgan fingerprint density at radius 3 is 2.62 bits per heavy atom. The summed E-state index contributed by atoms with van der Waals surface area (Å²) in [5.41, 5.74) is 3.44. The van der Waals surface area contributed by atoms with Gasteiger partial charge < -0.3 is 5.32 Å². The van der Waals surface area contributed by atoms with E-state index in [4.69, 9.17) is 0 Å². The molecule has 1 aromatic heterocycles. The van der Waals surface area contributed by atoms with Gasteiger partial charge in [0.05, 0.1) is 7.57 Å². The van der Waals surface area contributed by atoms with Gasteiger partial charge in [0, 0.05) is 6.04 Å². The molecule has 1 unspecified atom stereocenters. The summed E-state index contributed by atoms with van der Waals surface area (Å²) in [6, 6.07) is 7.41. The van der Waals surface area contributed by atoms with Crippen molar-refractivity contribution in [2.45, 2.75) is 32.7 Å². The third-order valence-corrected chi connectivity index (χ3v) is 5.81. The number of halogens is 3. The zero-order valence-electron chi connectivity index (χ0n) is 12.1. The number of nitrogens with one attached hydrogen (secondary N) is 1. The summed E-state index contributed by atoms with van der Waals surface area (Å²) in [5.74, 6) is -0.172. The molecule has 1 aromatic carbocycles. The molecule has 0 aliphatic rings. The maximum atomic E-state index is 13.3. The first-order valence-electron chi connectivity index (χ1n) is 6.94. The number of benzene rings is 1. The standard InChI is InChI=1S/C16H18Br2FNS/c1-3-6-20-14(13-9-15(17)21-16(13)18)8-11-4-5-12(19)7-10(11)2/h4-5,7,9,14,20H,3,6,8H2,1-2H3. The van der Waals surface area contributed by atoms with E-state index >= 15 is 0 Å². The quantitative estimate of drug-likeness (QED) is 0.587. The van der Waals surface area contributed by atoms with Crippen LogP contribution >= 0.6 is 43.2 Å². The minimum atomic E-state index is -0.172.